The Balaban J connectivity index is 2.05. The first kappa shape index (κ1) is 17.5. The molecule has 134 valence electrons. The number of rotatable bonds is 6. The second-order valence-electron chi connectivity index (χ2n) is 5.67. The monoisotopic (exact) mass is 351 g/mol. The van der Waals surface area contributed by atoms with Crippen LogP contribution in [0.4, 0.5) is 5.69 Å². The molecular formula is C20H21N3O3. The van der Waals surface area contributed by atoms with Crippen LogP contribution in [0.2, 0.25) is 0 Å². The molecule has 0 saturated heterocycles. The highest BCUT2D eigenvalue weighted by Gasteiger charge is 2.20. The van der Waals surface area contributed by atoms with E-state index >= 15 is 0 Å². The lowest BCUT2D eigenvalue weighted by molar-refractivity contribution is 0.102. The van der Waals surface area contributed by atoms with Crippen LogP contribution in [0, 0.1) is 0 Å². The molecule has 0 radical (unpaired) electrons. The van der Waals surface area contributed by atoms with Crippen LogP contribution in [0.25, 0.3) is 11.3 Å². The first-order chi connectivity index (χ1) is 12.7. The molecule has 6 heteroatoms. The minimum Gasteiger partial charge on any atom is -0.497 e. The summed E-state index contributed by atoms with van der Waals surface area (Å²) in [4.78, 5) is 12.6. The average molecular weight is 351 g/mol. The summed E-state index contributed by atoms with van der Waals surface area (Å²) < 4.78 is 10.8. The standard InChI is InChI=1S/C20H21N3O3/c1-4-16-19(21-20(24)13-8-6-5-7-9-13)18(23-22-16)15-12-14(25-2)10-11-17(15)26-3/h5-12H,4H2,1-3H3,(H,21,24)(H,22,23). The third kappa shape index (κ3) is 3.39. The van der Waals surface area contributed by atoms with Gasteiger partial charge in [0.25, 0.3) is 5.91 Å². The van der Waals surface area contributed by atoms with Gasteiger partial charge in [0.15, 0.2) is 0 Å². The topological polar surface area (TPSA) is 76.2 Å². The fourth-order valence-corrected chi connectivity index (χ4v) is 2.74. The van der Waals surface area contributed by atoms with E-state index in [1.807, 2.05) is 43.3 Å². The minimum absolute atomic E-state index is 0.190. The second-order valence-corrected chi connectivity index (χ2v) is 5.67. The van der Waals surface area contributed by atoms with Gasteiger partial charge < -0.3 is 14.8 Å². The highest BCUT2D eigenvalue weighted by atomic mass is 16.5. The van der Waals surface area contributed by atoms with Crippen molar-refractivity contribution in [2.45, 2.75) is 13.3 Å². The first-order valence-electron chi connectivity index (χ1n) is 8.34. The van der Waals surface area contributed by atoms with E-state index in [4.69, 9.17) is 9.47 Å². The van der Waals surface area contributed by atoms with Crippen molar-refractivity contribution in [1.82, 2.24) is 10.2 Å². The van der Waals surface area contributed by atoms with Crippen LogP contribution in [0.5, 0.6) is 11.5 Å². The van der Waals surface area contributed by atoms with Crippen molar-refractivity contribution >= 4 is 11.6 Å². The van der Waals surface area contributed by atoms with Crippen LogP contribution in [0.15, 0.2) is 48.5 Å². The maximum Gasteiger partial charge on any atom is 0.255 e. The van der Waals surface area contributed by atoms with Gasteiger partial charge in [-0.1, -0.05) is 25.1 Å². The van der Waals surface area contributed by atoms with Gasteiger partial charge in [-0.05, 0) is 36.8 Å². The lowest BCUT2D eigenvalue weighted by atomic mass is 10.1. The summed E-state index contributed by atoms with van der Waals surface area (Å²) in [6.07, 6.45) is 0.698. The molecule has 26 heavy (non-hydrogen) atoms. The van der Waals surface area contributed by atoms with Crippen LogP contribution in [0.1, 0.15) is 23.0 Å². The van der Waals surface area contributed by atoms with Crippen molar-refractivity contribution in [3.8, 4) is 22.8 Å². The molecule has 2 aromatic carbocycles. The largest absolute Gasteiger partial charge is 0.497 e. The Labute approximate surface area is 152 Å². The fourth-order valence-electron chi connectivity index (χ4n) is 2.74. The Bertz CT molecular complexity index is 904. The summed E-state index contributed by atoms with van der Waals surface area (Å²) in [7, 11) is 3.20. The molecule has 1 heterocycles. The predicted octanol–water partition coefficient (Wildman–Crippen LogP) is 3.91. The lowest BCUT2D eigenvalue weighted by Crippen LogP contribution is -2.13. The lowest BCUT2D eigenvalue weighted by Gasteiger charge is -2.12. The van der Waals surface area contributed by atoms with E-state index in [1.165, 1.54) is 0 Å². The van der Waals surface area contributed by atoms with Crippen LogP contribution in [0.3, 0.4) is 0 Å². The normalized spacial score (nSPS) is 10.4. The molecule has 2 N–H and O–H groups in total. The van der Waals surface area contributed by atoms with Crippen LogP contribution in [-0.4, -0.2) is 30.3 Å². The number of benzene rings is 2. The summed E-state index contributed by atoms with van der Waals surface area (Å²) in [5.74, 6) is 1.14. The molecule has 0 fully saturated rings. The summed E-state index contributed by atoms with van der Waals surface area (Å²) >= 11 is 0. The van der Waals surface area contributed by atoms with E-state index in [9.17, 15) is 4.79 Å². The quantitative estimate of drug-likeness (QED) is 0.706. The van der Waals surface area contributed by atoms with Gasteiger partial charge in [-0.2, -0.15) is 5.10 Å². The average Bonchev–Trinajstić information content (AvgIpc) is 3.10. The van der Waals surface area contributed by atoms with Gasteiger partial charge in [-0.15, -0.1) is 0 Å². The molecule has 0 spiro atoms. The van der Waals surface area contributed by atoms with E-state index in [1.54, 1.807) is 26.4 Å². The van der Waals surface area contributed by atoms with E-state index in [-0.39, 0.29) is 5.91 Å². The Kier molecular flexibility index (Phi) is 5.22. The second kappa shape index (κ2) is 7.74. The highest BCUT2D eigenvalue weighted by molar-refractivity contribution is 6.06. The number of carbonyl (C=O) groups excluding carboxylic acids is 1. The van der Waals surface area contributed by atoms with E-state index in [0.717, 1.165) is 11.3 Å². The van der Waals surface area contributed by atoms with Crippen molar-refractivity contribution < 1.29 is 14.3 Å². The molecule has 1 amide bonds. The number of aromatic amines is 1. The number of H-pyrrole nitrogens is 1. The third-order valence-corrected chi connectivity index (χ3v) is 4.13. The van der Waals surface area contributed by atoms with Crippen molar-refractivity contribution in [1.29, 1.82) is 0 Å². The molecule has 0 aliphatic heterocycles. The van der Waals surface area contributed by atoms with Gasteiger partial charge >= 0.3 is 0 Å². The zero-order valence-corrected chi connectivity index (χ0v) is 15.0. The predicted molar refractivity (Wildman–Crippen MR) is 101 cm³/mol. The van der Waals surface area contributed by atoms with Crippen LogP contribution >= 0.6 is 0 Å². The molecule has 3 aromatic rings. The number of aromatic nitrogens is 2. The molecule has 0 unspecified atom stereocenters. The number of nitrogens with one attached hydrogen (secondary N) is 2. The van der Waals surface area contributed by atoms with Crippen molar-refractivity contribution in [2.24, 2.45) is 0 Å². The number of aryl methyl sites for hydroxylation is 1. The number of anilines is 1. The maximum atomic E-state index is 12.6. The molecule has 0 atom stereocenters. The van der Waals surface area contributed by atoms with Crippen molar-refractivity contribution in [3.05, 3.63) is 59.8 Å². The Morgan fingerprint density at radius 3 is 2.54 bits per heavy atom. The van der Waals surface area contributed by atoms with Crippen LogP contribution in [-0.2, 0) is 6.42 Å². The van der Waals surface area contributed by atoms with E-state index in [2.05, 4.69) is 15.5 Å². The highest BCUT2D eigenvalue weighted by Crippen LogP contribution is 2.37. The Hall–Kier alpha value is -3.28. The smallest absolute Gasteiger partial charge is 0.255 e. The number of hydrogen-bond acceptors (Lipinski definition) is 4. The van der Waals surface area contributed by atoms with E-state index < -0.39 is 0 Å². The van der Waals surface area contributed by atoms with E-state index in [0.29, 0.717) is 34.9 Å². The van der Waals surface area contributed by atoms with Crippen molar-refractivity contribution in [2.75, 3.05) is 19.5 Å². The zero-order chi connectivity index (χ0) is 18.5. The molecule has 1 aromatic heterocycles. The number of amides is 1. The van der Waals surface area contributed by atoms with Gasteiger partial charge in [0.1, 0.15) is 17.2 Å². The Morgan fingerprint density at radius 1 is 1.12 bits per heavy atom. The Morgan fingerprint density at radius 2 is 1.88 bits per heavy atom. The zero-order valence-electron chi connectivity index (χ0n) is 15.0. The molecule has 3 rings (SSSR count). The fraction of sp³-hybridized carbons (Fsp3) is 0.200. The molecule has 0 aliphatic rings. The van der Waals surface area contributed by atoms with Gasteiger partial charge in [0.05, 0.1) is 25.6 Å². The van der Waals surface area contributed by atoms with Gasteiger partial charge in [-0.3, -0.25) is 9.89 Å². The molecular weight excluding hydrogens is 330 g/mol. The molecule has 0 aliphatic carbocycles. The third-order valence-electron chi connectivity index (χ3n) is 4.13. The van der Waals surface area contributed by atoms with Gasteiger partial charge in [0, 0.05) is 11.1 Å². The maximum absolute atomic E-state index is 12.6. The number of nitrogens with zero attached hydrogens (tertiary/aromatic N) is 1. The summed E-state index contributed by atoms with van der Waals surface area (Å²) in [6.45, 7) is 2.00. The number of ether oxygens (including phenoxy) is 2. The summed E-state index contributed by atoms with van der Waals surface area (Å²) in [6, 6.07) is 14.5. The molecule has 6 nitrogen and oxygen atoms in total. The van der Waals surface area contributed by atoms with Gasteiger partial charge in [-0.25, -0.2) is 0 Å². The van der Waals surface area contributed by atoms with Crippen molar-refractivity contribution in [3.63, 3.8) is 0 Å². The van der Waals surface area contributed by atoms with Crippen LogP contribution < -0.4 is 14.8 Å². The summed E-state index contributed by atoms with van der Waals surface area (Å²) in [5.41, 5.74) is 3.43. The number of carbonyl (C=O) groups is 1. The first-order valence-corrected chi connectivity index (χ1v) is 8.34. The SMILES string of the molecule is CCc1[nH]nc(-c2cc(OC)ccc2OC)c1NC(=O)c1ccccc1. The number of hydrogen-bond donors (Lipinski definition) is 2. The molecule has 0 saturated carbocycles. The minimum atomic E-state index is -0.190. The summed E-state index contributed by atoms with van der Waals surface area (Å²) in [5, 5.41) is 10.4. The number of methoxy groups -OCH3 is 2. The van der Waals surface area contributed by atoms with Gasteiger partial charge in [0.2, 0.25) is 0 Å². The molecule has 0 bridgehead atoms.